The second-order valence-electron chi connectivity index (χ2n) is 7.77. The maximum Gasteiger partial charge on any atom is 0.418 e. The Hall–Kier alpha value is -1.80. The number of carbonyl (C=O) groups excluding carboxylic acids is 1. The number of piperidine rings is 1. The van der Waals surface area contributed by atoms with Crippen molar-refractivity contribution in [2.45, 2.75) is 56.1 Å². The van der Waals surface area contributed by atoms with Crippen molar-refractivity contribution in [3.8, 4) is 0 Å². The number of urea groups is 1. The van der Waals surface area contributed by atoms with Crippen molar-refractivity contribution in [1.29, 1.82) is 0 Å². The molecule has 5 rings (SSSR count). The molecule has 150 valence electrons. The topological polar surface area (TPSA) is 184 Å². The predicted molar refractivity (Wildman–Crippen MR) is 87.2 cm³/mol. The lowest BCUT2D eigenvalue weighted by molar-refractivity contribution is -0.0530. The molecule has 1 aromatic heterocycles. The van der Waals surface area contributed by atoms with Crippen LogP contribution in [0.2, 0.25) is 0 Å². The normalized spacial score (nSPS) is 33.8. The van der Waals surface area contributed by atoms with Crippen LogP contribution < -0.4 is 5.73 Å². The zero-order valence-electron chi connectivity index (χ0n) is 14.3. The average molecular weight is 403 g/mol. The predicted octanol–water partition coefficient (Wildman–Crippen LogP) is -0.485. The molecule has 2 atom stereocenters. The molecule has 2 aliphatic carbocycles. The Morgan fingerprint density at radius 1 is 1.26 bits per heavy atom. The number of hydrogen-bond acceptors (Lipinski definition) is 8. The minimum atomic E-state index is -4.78. The van der Waals surface area contributed by atoms with Crippen LogP contribution in [0.5, 0.6) is 0 Å². The SMILES string of the molecule is NC1CC(c2nnc(C3CC4(CC4)[C@@H]4CN3C(=O)N4OS(=O)(=O)O)o2)C1.O. The summed E-state index contributed by atoms with van der Waals surface area (Å²) >= 11 is 0. The molecule has 12 nitrogen and oxygen atoms in total. The fraction of sp³-hybridized carbons (Fsp3) is 0.786. The summed E-state index contributed by atoms with van der Waals surface area (Å²) in [6.45, 7) is 0.297. The number of hydroxylamine groups is 2. The van der Waals surface area contributed by atoms with E-state index in [1.165, 1.54) is 4.90 Å². The quantitative estimate of drug-likeness (QED) is 0.626. The molecule has 1 spiro atoms. The van der Waals surface area contributed by atoms with Gasteiger partial charge in [0.2, 0.25) is 11.8 Å². The minimum absolute atomic E-state index is 0. The number of nitrogens with two attached hydrogens (primary N) is 1. The Bertz CT molecular complexity index is 863. The number of hydrogen-bond donors (Lipinski definition) is 2. The third-order valence-electron chi connectivity index (χ3n) is 6.10. The van der Waals surface area contributed by atoms with Crippen LogP contribution in [0, 0.1) is 5.41 Å². The lowest BCUT2D eigenvalue weighted by Gasteiger charge is -2.34. The Labute approximate surface area is 154 Å². The number of amides is 2. The Balaban J connectivity index is 0.00000180. The monoisotopic (exact) mass is 403 g/mol. The first-order valence-electron chi connectivity index (χ1n) is 8.61. The van der Waals surface area contributed by atoms with Gasteiger partial charge in [-0.3, -0.25) is 4.55 Å². The summed E-state index contributed by atoms with van der Waals surface area (Å²) in [5.41, 5.74) is 5.56. The molecule has 27 heavy (non-hydrogen) atoms. The van der Waals surface area contributed by atoms with Crippen molar-refractivity contribution in [3.63, 3.8) is 0 Å². The minimum Gasteiger partial charge on any atom is -0.423 e. The van der Waals surface area contributed by atoms with E-state index in [-0.39, 0.29) is 22.9 Å². The summed E-state index contributed by atoms with van der Waals surface area (Å²) in [4.78, 5) is 14.1. The van der Waals surface area contributed by atoms with Crippen LogP contribution in [0.15, 0.2) is 4.42 Å². The van der Waals surface area contributed by atoms with Crippen molar-refractivity contribution in [1.82, 2.24) is 20.2 Å². The van der Waals surface area contributed by atoms with Gasteiger partial charge < -0.3 is 20.5 Å². The van der Waals surface area contributed by atoms with E-state index in [2.05, 4.69) is 14.5 Å². The highest BCUT2D eigenvalue weighted by atomic mass is 32.3. The van der Waals surface area contributed by atoms with Crippen molar-refractivity contribution in [2.75, 3.05) is 6.54 Å². The molecule has 0 aromatic carbocycles. The van der Waals surface area contributed by atoms with Crippen LogP contribution in [-0.2, 0) is 14.7 Å². The maximum atomic E-state index is 12.7. The fourth-order valence-corrected chi connectivity index (χ4v) is 4.82. The van der Waals surface area contributed by atoms with Gasteiger partial charge in [0.15, 0.2) is 0 Å². The zero-order chi connectivity index (χ0) is 18.3. The summed E-state index contributed by atoms with van der Waals surface area (Å²) in [6.07, 6.45) is 3.90. The molecule has 1 aromatic rings. The molecular formula is C14H21N5O7S. The molecule has 4 fully saturated rings. The van der Waals surface area contributed by atoms with E-state index in [1.54, 1.807) is 0 Å². The fourth-order valence-electron chi connectivity index (χ4n) is 4.45. The van der Waals surface area contributed by atoms with Gasteiger partial charge in [-0.1, -0.05) is 0 Å². The molecular weight excluding hydrogens is 382 g/mol. The van der Waals surface area contributed by atoms with Gasteiger partial charge in [0.1, 0.15) is 6.04 Å². The molecule has 5 N–H and O–H groups in total. The van der Waals surface area contributed by atoms with E-state index < -0.39 is 28.5 Å². The standard InChI is InChI=1S/C14H19N5O6S.H2O/c15-8-3-7(4-8)11-16-17-12(24-11)9-5-14(1-2-14)10-6-18(9)13(20)19(10)25-26(21,22)23;/h7-10H,1-6,15H2,(H,21,22,23);1H2/t7?,8?,9?,10-;/m0./s1. The number of aromatic nitrogens is 2. The average Bonchev–Trinajstić information content (AvgIpc) is 3.02. The van der Waals surface area contributed by atoms with Crippen molar-refractivity contribution in [2.24, 2.45) is 11.1 Å². The molecule has 2 saturated heterocycles. The highest BCUT2D eigenvalue weighted by Gasteiger charge is 2.65. The molecule has 13 heteroatoms. The smallest absolute Gasteiger partial charge is 0.418 e. The van der Waals surface area contributed by atoms with E-state index in [0.717, 1.165) is 30.7 Å². The molecule has 4 aliphatic rings. The lowest BCUT2D eigenvalue weighted by Crippen LogP contribution is -2.43. The second kappa shape index (κ2) is 5.85. The summed E-state index contributed by atoms with van der Waals surface area (Å²) in [5.74, 6) is 1.05. The van der Waals surface area contributed by atoms with Gasteiger partial charge in [-0.15, -0.1) is 14.5 Å². The van der Waals surface area contributed by atoms with E-state index in [0.29, 0.717) is 24.7 Å². The van der Waals surface area contributed by atoms with E-state index in [1.807, 2.05) is 0 Å². The van der Waals surface area contributed by atoms with Crippen molar-refractivity contribution >= 4 is 16.4 Å². The van der Waals surface area contributed by atoms with E-state index in [4.69, 9.17) is 14.7 Å². The van der Waals surface area contributed by atoms with E-state index in [9.17, 15) is 13.2 Å². The van der Waals surface area contributed by atoms with Gasteiger partial charge in [0.25, 0.3) is 0 Å². The first-order chi connectivity index (χ1) is 12.3. The largest absolute Gasteiger partial charge is 0.423 e. The summed E-state index contributed by atoms with van der Waals surface area (Å²) in [6, 6.07) is -1.30. The molecule has 2 saturated carbocycles. The van der Waals surface area contributed by atoms with Crippen LogP contribution in [0.4, 0.5) is 4.79 Å². The van der Waals surface area contributed by atoms with E-state index >= 15 is 0 Å². The highest BCUT2D eigenvalue weighted by molar-refractivity contribution is 7.80. The maximum absolute atomic E-state index is 12.7. The molecule has 1 unspecified atom stereocenters. The van der Waals surface area contributed by atoms with Gasteiger partial charge in [-0.25, -0.2) is 4.79 Å². The highest BCUT2D eigenvalue weighted by Crippen LogP contribution is 2.61. The molecule has 2 bridgehead atoms. The summed E-state index contributed by atoms with van der Waals surface area (Å²) < 4.78 is 41.6. The number of carbonyl (C=O) groups is 1. The third kappa shape index (κ3) is 2.89. The number of fused-ring (bicyclic) bond motifs is 3. The van der Waals surface area contributed by atoms with Gasteiger partial charge in [-0.05, 0) is 37.5 Å². The van der Waals surface area contributed by atoms with Crippen LogP contribution in [0.1, 0.15) is 55.8 Å². The molecule has 0 radical (unpaired) electrons. The van der Waals surface area contributed by atoms with Crippen molar-refractivity contribution in [3.05, 3.63) is 11.8 Å². The Kier molecular flexibility index (Phi) is 4.02. The van der Waals surface area contributed by atoms with Gasteiger partial charge >= 0.3 is 16.4 Å². The molecule has 2 amide bonds. The van der Waals surface area contributed by atoms with Crippen molar-refractivity contribution < 1.29 is 31.9 Å². The van der Waals surface area contributed by atoms with Gasteiger partial charge in [-0.2, -0.15) is 13.5 Å². The summed E-state index contributed by atoms with van der Waals surface area (Å²) in [7, 11) is -4.78. The Morgan fingerprint density at radius 3 is 2.52 bits per heavy atom. The first kappa shape index (κ1) is 18.6. The van der Waals surface area contributed by atoms with Crippen LogP contribution in [0.3, 0.4) is 0 Å². The third-order valence-corrected chi connectivity index (χ3v) is 6.45. The second-order valence-corrected chi connectivity index (χ2v) is 8.77. The first-order valence-corrected chi connectivity index (χ1v) is 9.98. The van der Waals surface area contributed by atoms with Gasteiger partial charge in [0.05, 0.1) is 6.04 Å². The van der Waals surface area contributed by atoms with Gasteiger partial charge in [0, 0.05) is 18.5 Å². The number of rotatable bonds is 4. The zero-order valence-corrected chi connectivity index (χ0v) is 15.1. The number of nitrogens with zero attached hydrogens (tertiary/aromatic N) is 4. The van der Waals surface area contributed by atoms with Crippen LogP contribution in [0.25, 0.3) is 0 Å². The Morgan fingerprint density at radius 2 is 1.93 bits per heavy atom. The molecule has 2 aliphatic heterocycles. The van der Waals surface area contributed by atoms with Crippen LogP contribution in [-0.4, -0.2) is 63.3 Å². The summed E-state index contributed by atoms with van der Waals surface area (Å²) in [5, 5.41) is 9.03. The lowest BCUT2D eigenvalue weighted by atomic mass is 9.81. The van der Waals surface area contributed by atoms with Crippen LogP contribution >= 0.6 is 0 Å². The molecule has 3 heterocycles.